The molecule has 92 valence electrons. The molecule has 0 saturated heterocycles. The Morgan fingerprint density at radius 1 is 1.29 bits per heavy atom. The second-order valence-corrected chi connectivity index (χ2v) is 4.42. The molecular weight excluding hydrogens is 227 g/mol. The zero-order valence-corrected chi connectivity index (χ0v) is 9.51. The topological polar surface area (TPSA) is 26.0 Å². The largest absolute Gasteiger partial charge is 0.416 e. The lowest BCUT2D eigenvalue weighted by atomic mass is 9.98. The monoisotopic (exact) mass is 241 g/mol. The Hall–Kier alpha value is -1.29. The van der Waals surface area contributed by atoms with Crippen LogP contribution in [0.15, 0.2) is 24.3 Å². The van der Waals surface area contributed by atoms with Gasteiger partial charge in [-0.2, -0.15) is 13.2 Å². The van der Waals surface area contributed by atoms with Crippen molar-refractivity contribution in [3.8, 4) is 0 Å². The van der Waals surface area contributed by atoms with Gasteiger partial charge in [-0.25, -0.2) is 0 Å². The number of nitrogens with two attached hydrogens (primary N) is 1. The molecule has 4 heteroatoms. The highest BCUT2D eigenvalue weighted by Crippen LogP contribution is 2.34. The number of benzene rings is 1. The van der Waals surface area contributed by atoms with Crippen LogP contribution >= 0.6 is 0 Å². The summed E-state index contributed by atoms with van der Waals surface area (Å²) < 4.78 is 37.5. The van der Waals surface area contributed by atoms with E-state index in [0.29, 0.717) is 5.56 Å². The average molecular weight is 241 g/mol. The molecule has 17 heavy (non-hydrogen) atoms. The van der Waals surface area contributed by atoms with Gasteiger partial charge in [0.15, 0.2) is 0 Å². The number of alkyl halides is 3. The lowest BCUT2D eigenvalue weighted by Gasteiger charge is -2.11. The summed E-state index contributed by atoms with van der Waals surface area (Å²) in [5.41, 5.74) is 7.75. The zero-order chi connectivity index (χ0) is 12.6. The Balaban J connectivity index is 2.36. The van der Waals surface area contributed by atoms with Crippen molar-refractivity contribution in [1.82, 2.24) is 0 Å². The third kappa shape index (κ3) is 2.52. The summed E-state index contributed by atoms with van der Waals surface area (Å²) in [6.45, 7) is 1.70. The molecule has 0 bridgehead atoms. The van der Waals surface area contributed by atoms with E-state index in [1.54, 1.807) is 13.0 Å². The summed E-state index contributed by atoms with van der Waals surface area (Å²) in [6, 6.07) is 3.90. The van der Waals surface area contributed by atoms with Gasteiger partial charge in [-0.15, -0.1) is 0 Å². The van der Waals surface area contributed by atoms with Crippen molar-refractivity contribution in [3.63, 3.8) is 0 Å². The smallest absolute Gasteiger partial charge is 0.324 e. The van der Waals surface area contributed by atoms with Crippen molar-refractivity contribution >= 4 is 5.57 Å². The minimum Gasteiger partial charge on any atom is -0.324 e. The Morgan fingerprint density at radius 2 is 2.00 bits per heavy atom. The molecule has 0 heterocycles. The highest BCUT2D eigenvalue weighted by Gasteiger charge is 2.30. The minimum absolute atomic E-state index is 0.0340. The summed E-state index contributed by atoms with van der Waals surface area (Å²) in [5, 5.41) is 0. The third-order valence-electron chi connectivity index (χ3n) is 3.06. The molecule has 0 aliphatic heterocycles. The predicted octanol–water partition coefficient (Wildman–Crippen LogP) is 3.52. The number of hydrogen-bond donors (Lipinski definition) is 1. The number of hydrogen-bond acceptors (Lipinski definition) is 1. The molecule has 1 aliphatic rings. The molecule has 1 aromatic rings. The molecule has 1 aliphatic carbocycles. The number of rotatable bonds is 1. The molecule has 1 nitrogen and oxygen atoms in total. The first-order valence-electron chi connectivity index (χ1n) is 5.52. The Kier molecular flexibility index (Phi) is 3.00. The van der Waals surface area contributed by atoms with E-state index < -0.39 is 11.7 Å². The van der Waals surface area contributed by atoms with Gasteiger partial charge in [0.25, 0.3) is 0 Å². The van der Waals surface area contributed by atoms with Gasteiger partial charge >= 0.3 is 6.18 Å². The van der Waals surface area contributed by atoms with E-state index in [-0.39, 0.29) is 6.04 Å². The molecule has 1 unspecified atom stereocenters. The second kappa shape index (κ2) is 4.18. The molecule has 1 atom stereocenters. The van der Waals surface area contributed by atoms with Gasteiger partial charge in [0.1, 0.15) is 0 Å². The second-order valence-electron chi connectivity index (χ2n) is 4.42. The van der Waals surface area contributed by atoms with Crippen LogP contribution in [-0.4, -0.2) is 6.04 Å². The van der Waals surface area contributed by atoms with E-state index >= 15 is 0 Å². The van der Waals surface area contributed by atoms with Gasteiger partial charge < -0.3 is 5.73 Å². The van der Waals surface area contributed by atoms with E-state index in [1.165, 1.54) is 6.07 Å². The summed E-state index contributed by atoms with van der Waals surface area (Å²) in [4.78, 5) is 0. The molecule has 0 radical (unpaired) electrons. The number of halogens is 3. The van der Waals surface area contributed by atoms with Gasteiger partial charge in [-0.3, -0.25) is 0 Å². The summed E-state index contributed by atoms with van der Waals surface area (Å²) in [5.74, 6) is 0. The molecule has 0 fully saturated rings. The fraction of sp³-hybridized carbons (Fsp3) is 0.385. The number of aryl methyl sites for hydroxylation is 1. The standard InChI is InChI=1S/C13H14F3N/c1-8-6-10(13(14,15)16)3-5-12(8)9-2-4-11(17)7-9/h3,5-7,11H,2,4,17H2,1H3. The fourth-order valence-electron chi connectivity index (χ4n) is 2.17. The van der Waals surface area contributed by atoms with Gasteiger partial charge in [0, 0.05) is 6.04 Å². The van der Waals surface area contributed by atoms with Crippen molar-refractivity contribution in [2.45, 2.75) is 32.0 Å². The van der Waals surface area contributed by atoms with Crippen molar-refractivity contribution in [2.75, 3.05) is 0 Å². The van der Waals surface area contributed by atoms with Crippen LogP contribution in [0.5, 0.6) is 0 Å². The van der Waals surface area contributed by atoms with Crippen molar-refractivity contribution in [3.05, 3.63) is 41.0 Å². The maximum atomic E-state index is 12.5. The molecular formula is C13H14F3N. The molecule has 1 aromatic carbocycles. The maximum absolute atomic E-state index is 12.5. The lowest BCUT2D eigenvalue weighted by molar-refractivity contribution is -0.137. The van der Waals surface area contributed by atoms with Crippen LogP contribution in [0.2, 0.25) is 0 Å². The average Bonchev–Trinajstić information content (AvgIpc) is 2.63. The van der Waals surface area contributed by atoms with Crippen LogP contribution in [0.25, 0.3) is 5.57 Å². The Morgan fingerprint density at radius 3 is 2.47 bits per heavy atom. The minimum atomic E-state index is -4.27. The highest BCUT2D eigenvalue weighted by atomic mass is 19.4. The Bertz CT molecular complexity index is 460. The zero-order valence-electron chi connectivity index (χ0n) is 9.51. The van der Waals surface area contributed by atoms with Gasteiger partial charge in [0.05, 0.1) is 5.56 Å². The molecule has 0 saturated carbocycles. The Labute approximate surface area is 98.1 Å². The first-order chi connectivity index (χ1) is 7.88. The first kappa shape index (κ1) is 12.2. The quantitative estimate of drug-likeness (QED) is 0.799. The molecule has 2 N–H and O–H groups in total. The van der Waals surface area contributed by atoms with E-state index in [0.717, 1.165) is 30.0 Å². The summed E-state index contributed by atoms with van der Waals surface area (Å²) in [7, 11) is 0. The SMILES string of the molecule is Cc1cc(C(F)(F)F)ccc1C1=CC(N)CC1. The fourth-order valence-corrected chi connectivity index (χ4v) is 2.17. The van der Waals surface area contributed by atoms with E-state index in [2.05, 4.69) is 0 Å². The van der Waals surface area contributed by atoms with Crippen LogP contribution < -0.4 is 5.73 Å². The van der Waals surface area contributed by atoms with Crippen molar-refractivity contribution in [1.29, 1.82) is 0 Å². The molecule has 0 aromatic heterocycles. The maximum Gasteiger partial charge on any atom is 0.416 e. The van der Waals surface area contributed by atoms with Crippen LogP contribution in [0.3, 0.4) is 0 Å². The van der Waals surface area contributed by atoms with Crippen LogP contribution in [0.4, 0.5) is 13.2 Å². The van der Waals surface area contributed by atoms with Gasteiger partial charge in [-0.1, -0.05) is 12.1 Å². The normalized spacial score (nSPS) is 20.5. The first-order valence-corrected chi connectivity index (χ1v) is 5.52. The summed E-state index contributed by atoms with van der Waals surface area (Å²) >= 11 is 0. The van der Waals surface area contributed by atoms with Crippen LogP contribution in [-0.2, 0) is 6.18 Å². The third-order valence-corrected chi connectivity index (χ3v) is 3.06. The van der Waals surface area contributed by atoms with Crippen molar-refractivity contribution in [2.24, 2.45) is 5.73 Å². The van der Waals surface area contributed by atoms with Crippen molar-refractivity contribution < 1.29 is 13.2 Å². The van der Waals surface area contributed by atoms with Crippen LogP contribution in [0.1, 0.15) is 29.5 Å². The predicted molar refractivity (Wildman–Crippen MR) is 61.4 cm³/mol. The van der Waals surface area contributed by atoms with E-state index in [1.807, 2.05) is 6.08 Å². The number of allylic oxidation sites excluding steroid dienone is 1. The van der Waals surface area contributed by atoms with E-state index in [4.69, 9.17) is 5.73 Å². The van der Waals surface area contributed by atoms with Gasteiger partial charge in [0.2, 0.25) is 0 Å². The molecule has 0 spiro atoms. The highest BCUT2D eigenvalue weighted by molar-refractivity contribution is 5.70. The van der Waals surface area contributed by atoms with Crippen LogP contribution in [0, 0.1) is 6.92 Å². The molecule has 2 rings (SSSR count). The lowest BCUT2D eigenvalue weighted by Crippen LogP contribution is -2.11. The summed E-state index contributed by atoms with van der Waals surface area (Å²) in [6.07, 6.45) is -0.623. The van der Waals surface area contributed by atoms with E-state index in [9.17, 15) is 13.2 Å². The van der Waals surface area contributed by atoms with Gasteiger partial charge in [-0.05, 0) is 48.6 Å². The molecule has 0 amide bonds.